The Kier molecular flexibility index (Phi) is 6.78. The molecule has 12 heteroatoms. The minimum absolute atomic E-state index is 0.270. The zero-order chi connectivity index (χ0) is 26.1. The topological polar surface area (TPSA) is 169 Å². The van der Waals surface area contributed by atoms with E-state index in [1.165, 1.54) is 42.5 Å². The lowest BCUT2D eigenvalue weighted by molar-refractivity contribution is 0.342. The molecule has 0 aliphatic carbocycles. The summed E-state index contributed by atoms with van der Waals surface area (Å²) in [6.07, 6.45) is 0. The Morgan fingerprint density at radius 1 is 0.778 bits per heavy atom. The molecule has 0 heterocycles. The number of hydrogen-bond acceptors (Lipinski definition) is 8. The van der Waals surface area contributed by atoms with E-state index in [4.69, 9.17) is 15.0 Å². The summed E-state index contributed by atoms with van der Waals surface area (Å²) in [5.41, 5.74) is 8.48. The molecule has 0 radical (unpaired) electrons. The molecule has 4 aromatic rings. The number of nitrogen functional groups attached to an aromatic ring is 1. The van der Waals surface area contributed by atoms with Crippen molar-refractivity contribution in [1.29, 1.82) is 0 Å². The van der Waals surface area contributed by atoms with Crippen LogP contribution in [0.1, 0.15) is 6.92 Å². The van der Waals surface area contributed by atoms with E-state index in [2.05, 4.69) is 10.2 Å². The molecule has 0 spiro atoms. The molecule has 186 valence electrons. The molecule has 36 heavy (non-hydrogen) atoms. The fourth-order valence-electron chi connectivity index (χ4n) is 3.64. The lowest BCUT2D eigenvalue weighted by Gasteiger charge is -2.16. The van der Waals surface area contributed by atoms with E-state index in [0.717, 1.165) is 0 Å². The number of nitrogens with two attached hydrogens (primary N) is 1. The van der Waals surface area contributed by atoms with E-state index in [0.29, 0.717) is 51.3 Å². The summed E-state index contributed by atoms with van der Waals surface area (Å²) in [5.74, 6) is 0.396. The smallest absolute Gasteiger partial charge is 0.294 e. The Morgan fingerprint density at radius 2 is 1.42 bits per heavy atom. The van der Waals surface area contributed by atoms with Gasteiger partial charge in [0.15, 0.2) is 0 Å². The molecule has 4 rings (SSSR count). The van der Waals surface area contributed by atoms with Crippen molar-refractivity contribution in [3.05, 3.63) is 72.8 Å². The molecule has 0 bridgehead atoms. The molecule has 0 saturated heterocycles. The van der Waals surface area contributed by atoms with Crippen LogP contribution in [0.15, 0.2) is 92.8 Å². The maximum atomic E-state index is 11.8. The van der Waals surface area contributed by atoms with E-state index in [9.17, 15) is 21.4 Å². The van der Waals surface area contributed by atoms with Crippen LogP contribution < -0.4 is 10.5 Å². The third-order valence-electron chi connectivity index (χ3n) is 5.31. The summed E-state index contributed by atoms with van der Waals surface area (Å²) >= 11 is 0. The van der Waals surface area contributed by atoms with Gasteiger partial charge in [0.05, 0.1) is 33.5 Å². The number of ether oxygens (including phenoxy) is 1. The summed E-state index contributed by atoms with van der Waals surface area (Å²) in [4.78, 5) is -0.564. The molecule has 10 nitrogen and oxygen atoms in total. The van der Waals surface area contributed by atoms with Gasteiger partial charge in [0.1, 0.15) is 5.75 Å². The van der Waals surface area contributed by atoms with Gasteiger partial charge in [0.25, 0.3) is 20.2 Å². The molecule has 0 amide bonds. The van der Waals surface area contributed by atoms with Gasteiger partial charge < -0.3 is 10.5 Å². The van der Waals surface area contributed by atoms with Crippen molar-refractivity contribution in [2.45, 2.75) is 16.7 Å². The van der Waals surface area contributed by atoms with Crippen LogP contribution in [0, 0.1) is 0 Å². The number of rotatable bonds is 7. The Morgan fingerprint density at radius 3 is 2.06 bits per heavy atom. The van der Waals surface area contributed by atoms with Crippen LogP contribution in [-0.4, -0.2) is 32.5 Å². The SMILES string of the molecule is CCOc1cc(-c2ccccc2N=Nc2ccc(S(=O)(=O)O)cc2)c2cc(S(=O)(=O)O)ccc2c1N. The maximum Gasteiger partial charge on any atom is 0.294 e. The lowest BCUT2D eigenvalue weighted by Crippen LogP contribution is -2.01. The van der Waals surface area contributed by atoms with E-state index < -0.39 is 20.2 Å². The monoisotopic (exact) mass is 527 g/mol. The Balaban J connectivity index is 1.89. The zero-order valence-corrected chi connectivity index (χ0v) is 20.5. The van der Waals surface area contributed by atoms with Gasteiger partial charge >= 0.3 is 0 Å². The van der Waals surface area contributed by atoms with Crippen molar-refractivity contribution in [2.24, 2.45) is 10.2 Å². The second kappa shape index (κ2) is 9.66. The first-order chi connectivity index (χ1) is 17.0. The van der Waals surface area contributed by atoms with Gasteiger partial charge in [0.2, 0.25) is 0 Å². The predicted molar refractivity (Wildman–Crippen MR) is 135 cm³/mol. The van der Waals surface area contributed by atoms with E-state index in [1.54, 1.807) is 37.3 Å². The van der Waals surface area contributed by atoms with Crippen LogP contribution in [0.4, 0.5) is 17.1 Å². The summed E-state index contributed by atoms with van der Waals surface area (Å²) in [5, 5.41) is 9.42. The third kappa shape index (κ3) is 5.21. The molecule has 4 N–H and O–H groups in total. The fraction of sp³-hybridized carbons (Fsp3) is 0.0833. The fourth-order valence-corrected chi connectivity index (χ4v) is 4.63. The minimum atomic E-state index is -4.47. The highest BCUT2D eigenvalue weighted by Gasteiger charge is 2.18. The van der Waals surface area contributed by atoms with Crippen LogP contribution in [0.2, 0.25) is 0 Å². The van der Waals surface area contributed by atoms with Gasteiger partial charge in [-0.3, -0.25) is 9.11 Å². The van der Waals surface area contributed by atoms with Gasteiger partial charge in [-0.25, -0.2) is 0 Å². The van der Waals surface area contributed by atoms with Crippen molar-refractivity contribution in [3.63, 3.8) is 0 Å². The highest BCUT2D eigenvalue weighted by Crippen LogP contribution is 2.42. The summed E-state index contributed by atoms with van der Waals surface area (Å²) in [6, 6.07) is 17.9. The Hall–Kier alpha value is -3.84. The normalized spacial score (nSPS) is 12.3. The standard InChI is InChI=1S/C24H21N3O7S2/c1-2-34-23-14-21(20-13-17(36(31,32)33)11-12-19(20)24(23)25)18-5-3-4-6-22(18)27-26-15-7-9-16(10-8-15)35(28,29)30/h3-14H,2,25H2,1H3,(H,28,29,30)(H,31,32,33). The second-order valence-corrected chi connectivity index (χ2v) is 10.5. The van der Waals surface area contributed by atoms with Crippen LogP contribution in [-0.2, 0) is 20.2 Å². The van der Waals surface area contributed by atoms with Crippen LogP contribution >= 0.6 is 0 Å². The number of fused-ring (bicyclic) bond motifs is 1. The first-order valence-electron chi connectivity index (χ1n) is 10.5. The molecule has 4 aromatic carbocycles. The minimum Gasteiger partial charge on any atom is -0.492 e. The number of benzene rings is 4. The summed E-state index contributed by atoms with van der Waals surface area (Å²) < 4.78 is 70.5. The quantitative estimate of drug-likeness (QED) is 0.163. The lowest BCUT2D eigenvalue weighted by atomic mass is 9.95. The van der Waals surface area contributed by atoms with Gasteiger partial charge in [-0.2, -0.15) is 21.9 Å². The molecule has 0 fully saturated rings. The predicted octanol–water partition coefficient (Wildman–Crippen LogP) is 5.40. The van der Waals surface area contributed by atoms with Crippen molar-refractivity contribution < 1.29 is 30.7 Å². The summed E-state index contributed by atoms with van der Waals surface area (Å²) in [7, 11) is -8.80. The highest BCUT2D eigenvalue weighted by molar-refractivity contribution is 7.86. The molecular formula is C24H21N3O7S2. The third-order valence-corrected chi connectivity index (χ3v) is 7.03. The highest BCUT2D eigenvalue weighted by atomic mass is 32.2. The Bertz CT molecular complexity index is 1700. The van der Waals surface area contributed by atoms with Crippen LogP contribution in [0.3, 0.4) is 0 Å². The van der Waals surface area contributed by atoms with Crippen molar-refractivity contribution >= 4 is 48.1 Å². The van der Waals surface area contributed by atoms with Crippen LogP contribution in [0.5, 0.6) is 5.75 Å². The number of nitrogens with zero attached hydrogens (tertiary/aromatic N) is 2. The average Bonchev–Trinajstić information content (AvgIpc) is 2.84. The van der Waals surface area contributed by atoms with E-state index in [1.807, 2.05) is 0 Å². The second-order valence-electron chi connectivity index (χ2n) is 7.64. The van der Waals surface area contributed by atoms with Crippen molar-refractivity contribution in [2.75, 3.05) is 12.3 Å². The molecular weight excluding hydrogens is 506 g/mol. The van der Waals surface area contributed by atoms with E-state index >= 15 is 0 Å². The first-order valence-corrected chi connectivity index (χ1v) is 13.4. The molecule has 0 aromatic heterocycles. The van der Waals surface area contributed by atoms with Gasteiger partial charge in [0, 0.05) is 10.9 Å². The molecule has 0 atom stereocenters. The van der Waals surface area contributed by atoms with Crippen LogP contribution in [0.25, 0.3) is 21.9 Å². The molecule has 0 saturated carbocycles. The summed E-state index contributed by atoms with van der Waals surface area (Å²) in [6.45, 7) is 2.15. The van der Waals surface area contributed by atoms with Gasteiger partial charge in [-0.15, -0.1) is 5.11 Å². The number of azo groups is 1. The first kappa shape index (κ1) is 25.3. The Labute approximate surface area is 207 Å². The molecule has 0 aliphatic heterocycles. The van der Waals surface area contributed by atoms with Crippen molar-refractivity contribution in [3.8, 4) is 16.9 Å². The van der Waals surface area contributed by atoms with E-state index in [-0.39, 0.29) is 9.79 Å². The van der Waals surface area contributed by atoms with Crippen molar-refractivity contribution in [1.82, 2.24) is 0 Å². The number of hydrogen-bond donors (Lipinski definition) is 3. The molecule has 0 unspecified atom stereocenters. The maximum absolute atomic E-state index is 11.8. The molecule has 0 aliphatic rings. The van der Waals surface area contributed by atoms with Gasteiger partial charge in [-0.1, -0.05) is 24.3 Å². The number of anilines is 1. The largest absolute Gasteiger partial charge is 0.492 e. The zero-order valence-electron chi connectivity index (χ0n) is 18.9. The average molecular weight is 528 g/mol. The van der Waals surface area contributed by atoms with Gasteiger partial charge in [-0.05, 0) is 66.4 Å².